The summed E-state index contributed by atoms with van der Waals surface area (Å²) in [6.07, 6.45) is 3.07. The molecule has 2 N–H and O–H groups in total. The molecule has 1 atom stereocenters. The normalized spacial score (nSPS) is 12.6. The topological polar surface area (TPSA) is 40.5 Å². The first-order valence-electron chi connectivity index (χ1n) is 9.04. The lowest BCUT2D eigenvalue weighted by molar-refractivity contribution is 0.102. The molecule has 1 aromatic carbocycles. The van der Waals surface area contributed by atoms with Crippen molar-refractivity contribution >= 4 is 0 Å². The highest BCUT2D eigenvalue weighted by Gasteiger charge is 2.13. The monoisotopic (exact) mass is 334 g/mol. The van der Waals surface area contributed by atoms with Crippen LogP contribution in [-0.2, 0) is 12.8 Å². The fourth-order valence-corrected chi connectivity index (χ4v) is 2.44. The van der Waals surface area contributed by atoms with Crippen LogP contribution in [0.2, 0.25) is 0 Å². The third-order valence-electron chi connectivity index (χ3n) is 3.62. The number of allylic oxidation sites excluding steroid dienone is 1. The van der Waals surface area contributed by atoms with Crippen LogP contribution in [0.1, 0.15) is 77.5 Å². The van der Waals surface area contributed by atoms with Crippen LogP contribution in [-0.4, -0.2) is 22.4 Å². The van der Waals surface area contributed by atoms with Crippen LogP contribution in [0.3, 0.4) is 0 Å². The van der Waals surface area contributed by atoms with Crippen LogP contribution >= 0.6 is 0 Å². The van der Waals surface area contributed by atoms with Gasteiger partial charge in [0.1, 0.15) is 0 Å². The predicted molar refractivity (Wildman–Crippen MR) is 106 cm³/mol. The number of rotatable bonds is 7. The standard InChI is InChI=1S/C18H28O.C4H10O/c1-13(2)9-10-16-7-6-8-17(14(3)4)18(16)11-15(5)12-19;1-4(2,3)5/h6-8,14-15,19H,1,9-12H2,2-5H3;5H,1-3H3/t15-;/m1./s1. The second-order valence-electron chi connectivity index (χ2n) is 8.26. The van der Waals surface area contributed by atoms with E-state index in [4.69, 9.17) is 5.11 Å². The van der Waals surface area contributed by atoms with E-state index in [1.54, 1.807) is 20.8 Å². The van der Waals surface area contributed by atoms with Gasteiger partial charge in [-0.2, -0.15) is 0 Å². The van der Waals surface area contributed by atoms with Crippen molar-refractivity contribution in [1.29, 1.82) is 0 Å². The summed E-state index contributed by atoms with van der Waals surface area (Å²) in [7, 11) is 0. The molecule has 0 bridgehead atoms. The zero-order valence-corrected chi connectivity index (χ0v) is 16.8. The van der Waals surface area contributed by atoms with E-state index in [1.165, 1.54) is 22.3 Å². The molecule has 0 amide bonds. The maximum absolute atomic E-state index is 9.32. The van der Waals surface area contributed by atoms with Gasteiger partial charge in [-0.05, 0) is 75.5 Å². The van der Waals surface area contributed by atoms with Gasteiger partial charge in [0.15, 0.2) is 0 Å². The lowest BCUT2D eigenvalue weighted by Crippen LogP contribution is -2.10. The molecule has 0 aliphatic carbocycles. The number of aliphatic hydroxyl groups is 2. The SMILES string of the molecule is C=C(C)CCc1cccc(C(C)C)c1C[C@@H](C)CO.CC(C)(C)O. The molecule has 0 aliphatic rings. The molecule has 0 saturated carbocycles. The third kappa shape index (κ3) is 10.6. The van der Waals surface area contributed by atoms with E-state index >= 15 is 0 Å². The van der Waals surface area contributed by atoms with Crippen molar-refractivity contribution in [2.45, 2.75) is 79.2 Å². The quantitative estimate of drug-likeness (QED) is 0.667. The highest BCUT2D eigenvalue weighted by Crippen LogP contribution is 2.26. The molecular formula is C22H38O2. The minimum absolute atomic E-state index is 0.256. The molecule has 0 saturated heterocycles. The fourth-order valence-electron chi connectivity index (χ4n) is 2.44. The van der Waals surface area contributed by atoms with Crippen molar-refractivity contribution in [2.75, 3.05) is 6.61 Å². The van der Waals surface area contributed by atoms with Gasteiger partial charge in [0.2, 0.25) is 0 Å². The molecule has 2 heteroatoms. The molecule has 0 heterocycles. The Kier molecular flexibility index (Phi) is 10.2. The van der Waals surface area contributed by atoms with E-state index in [0.29, 0.717) is 11.8 Å². The van der Waals surface area contributed by atoms with E-state index in [1.807, 2.05) is 0 Å². The predicted octanol–water partition coefficient (Wildman–Crippen LogP) is 5.27. The largest absolute Gasteiger partial charge is 0.396 e. The highest BCUT2D eigenvalue weighted by atomic mass is 16.3. The van der Waals surface area contributed by atoms with Crippen LogP contribution in [0.25, 0.3) is 0 Å². The molecule has 24 heavy (non-hydrogen) atoms. The number of hydrogen-bond donors (Lipinski definition) is 2. The fraction of sp³-hybridized carbons (Fsp3) is 0.636. The third-order valence-corrected chi connectivity index (χ3v) is 3.62. The zero-order valence-electron chi connectivity index (χ0n) is 16.8. The van der Waals surface area contributed by atoms with Crippen molar-refractivity contribution in [2.24, 2.45) is 5.92 Å². The molecule has 0 radical (unpaired) electrons. The van der Waals surface area contributed by atoms with Gasteiger partial charge in [0, 0.05) is 6.61 Å². The minimum Gasteiger partial charge on any atom is -0.396 e. The Morgan fingerprint density at radius 2 is 1.71 bits per heavy atom. The molecule has 1 aromatic rings. The molecule has 0 fully saturated rings. The van der Waals surface area contributed by atoms with Gasteiger partial charge in [0.25, 0.3) is 0 Å². The summed E-state index contributed by atoms with van der Waals surface area (Å²) >= 11 is 0. The second kappa shape index (κ2) is 10.7. The lowest BCUT2D eigenvalue weighted by Gasteiger charge is -2.20. The van der Waals surface area contributed by atoms with Crippen molar-refractivity contribution in [1.82, 2.24) is 0 Å². The van der Waals surface area contributed by atoms with E-state index < -0.39 is 5.60 Å². The molecule has 0 aliphatic heterocycles. The first kappa shape index (κ1) is 22.9. The first-order valence-corrected chi connectivity index (χ1v) is 9.04. The van der Waals surface area contributed by atoms with Gasteiger partial charge >= 0.3 is 0 Å². The van der Waals surface area contributed by atoms with Gasteiger partial charge in [-0.15, -0.1) is 6.58 Å². The lowest BCUT2D eigenvalue weighted by atomic mass is 9.86. The molecule has 1 rings (SSSR count). The number of aliphatic hydroxyl groups excluding tert-OH is 1. The molecule has 138 valence electrons. The molecule has 0 aromatic heterocycles. The highest BCUT2D eigenvalue weighted by molar-refractivity contribution is 5.38. The van der Waals surface area contributed by atoms with E-state index in [2.05, 4.69) is 52.5 Å². The van der Waals surface area contributed by atoms with Crippen molar-refractivity contribution in [3.8, 4) is 0 Å². The average Bonchev–Trinajstić information content (AvgIpc) is 2.43. The summed E-state index contributed by atoms with van der Waals surface area (Å²) in [6.45, 7) is 18.2. The van der Waals surface area contributed by atoms with Crippen LogP contribution in [0.15, 0.2) is 30.4 Å². The first-order chi connectivity index (χ1) is 11.0. The Labute approximate surface area is 149 Å². The molecular weight excluding hydrogens is 296 g/mol. The van der Waals surface area contributed by atoms with Crippen molar-refractivity contribution in [3.63, 3.8) is 0 Å². The molecule has 0 spiro atoms. The van der Waals surface area contributed by atoms with Crippen LogP contribution in [0, 0.1) is 5.92 Å². The molecule has 2 nitrogen and oxygen atoms in total. The Morgan fingerprint density at radius 1 is 1.17 bits per heavy atom. The Morgan fingerprint density at radius 3 is 2.12 bits per heavy atom. The Balaban J connectivity index is 0.000000922. The smallest absolute Gasteiger partial charge is 0.0563 e. The summed E-state index contributed by atoms with van der Waals surface area (Å²) in [5, 5.41) is 17.8. The Hall–Kier alpha value is -1.12. The average molecular weight is 335 g/mol. The Bertz CT molecular complexity index is 489. The number of hydrogen-bond acceptors (Lipinski definition) is 2. The van der Waals surface area contributed by atoms with Gasteiger partial charge in [-0.3, -0.25) is 0 Å². The van der Waals surface area contributed by atoms with E-state index in [0.717, 1.165) is 19.3 Å². The minimum atomic E-state index is -0.500. The zero-order chi connectivity index (χ0) is 18.9. The van der Waals surface area contributed by atoms with Crippen molar-refractivity contribution in [3.05, 3.63) is 47.0 Å². The van der Waals surface area contributed by atoms with Gasteiger partial charge in [-0.25, -0.2) is 0 Å². The van der Waals surface area contributed by atoms with Gasteiger partial charge in [0.05, 0.1) is 5.60 Å². The van der Waals surface area contributed by atoms with E-state index in [-0.39, 0.29) is 6.61 Å². The summed E-state index contributed by atoms with van der Waals surface area (Å²) in [4.78, 5) is 0. The molecule has 0 unspecified atom stereocenters. The number of benzene rings is 1. The summed E-state index contributed by atoms with van der Waals surface area (Å²) in [6, 6.07) is 6.62. The van der Waals surface area contributed by atoms with Crippen LogP contribution < -0.4 is 0 Å². The van der Waals surface area contributed by atoms with Gasteiger partial charge < -0.3 is 10.2 Å². The van der Waals surface area contributed by atoms with Crippen LogP contribution in [0.4, 0.5) is 0 Å². The van der Waals surface area contributed by atoms with Gasteiger partial charge in [-0.1, -0.05) is 44.5 Å². The summed E-state index contributed by atoms with van der Waals surface area (Å²) in [5.74, 6) is 0.856. The summed E-state index contributed by atoms with van der Waals surface area (Å²) in [5.41, 5.74) is 5.03. The summed E-state index contributed by atoms with van der Waals surface area (Å²) < 4.78 is 0. The maximum Gasteiger partial charge on any atom is 0.0563 e. The number of aryl methyl sites for hydroxylation is 1. The maximum atomic E-state index is 9.32. The van der Waals surface area contributed by atoms with Crippen molar-refractivity contribution < 1.29 is 10.2 Å². The second-order valence-corrected chi connectivity index (χ2v) is 8.26. The van der Waals surface area contributed by atoms with E-state index in [9.17, 15) is 5.11 Å². The van der Waals surface area contributed by atoms with Crippen LogP contribution in [0.5, 0.6) is 0 Å².